The molecule has 27 heavy (non-hydrogen) atoms. The highest BCUT2D eigenvalue weighted by atomic mass is 32.2. The quantitative estimate of drug-likeness (QED) is 0.573. The van der Waals surface area contributed by atoms with E-state index in [9.17, 15) is 22.4 Å². The van der Waals surface area contributed by atoms with Crippen molar-refractivity contribution < 1.29 is 22.4 Å². The average Bonchev–Trinajstić information content (AvgIpc) is 3.11. The summed E-state index contributed by atoms with van der Waals surface area (Å²) in [6.07, 6.45) is 0.823. The third-order valence-corrected chi connectivity index (χ3v) is 5.17. The number of nitrogens with zero attached hydrogens (tertiary/aromatic N) is 1. The van der Waals surface area contributed by atoms with Crippen molar-refractivity contribution in [1.29, 1.82) is 0 Å². The third kappa shape index (κ3) is 5.15. The van der Waals surface area contributed by atoms with E-state index in [2.05, 4.69) is 5.32 Å². The highest BCUT2D eigenvalue weighted by Crippen LogP contribution is 2.26. The Morgan fingerprint density at radius 1 is 1.15 bits per heavy atom. The molecule has 3 rings (SSSR count). The van der Waals surface area contributed by atoms with E-state index in [1.807, 2.05) is 4.90 Å². The van der Waals surface area contributed by atoms with Gasteiger partial charge in [-0.1, -0.05) is 11.8 Å². The number of carbonyl (C=O) groups excluding carboxylic acids is 1. The van der Waals surface area contributed by atoms with Crippen LogP contribution in [0, 0.1) is 17.6 Å². The van der Waals surface area contributed by atoms with Crippen LogP contribution in [-0.2, 0) is 0 Å². The number of rotatable bonds is 6. The van der Waals surface area contributed by atoms with Gasteiger partial charge >= 0.3 is 0 Å². The van der Waals surface area contributed by atoms with Crippen LogP contribution in [0.25, 0.3) is 0 Å². The molecule has 0 radical (unpaired) electrons. The third-order valence-electron chi connectivity index (χ3n) is 4.45. The van der Waals surface area contributed by atoms with Gasteiger partial charge in [0, 0.05) is 41.8 Å². The molecule has 8 heteroatoms. The fourth-order valence-electron chi connectivity index (χ4n) is 3.04. The summed E-state index contributed by atoms with van der Waals surface area (Å²) in [5.41, 5.74) is 1.03. The predicted molar refractivity (Wildman–Crippen MR) is 97.3 cm³/mol. The molecule has 1 atom stereocenters. The molecule has 1 aliphatic heterocycles. The molecular weight excluding hydrogens is 380 g/mol. The average molecular weight is 398 g/mol. The smallest absolute Gasteiger partial charge is 0.288 e. The Morgan fingerprint density at radius 2 is 1.89 bits per heavy atom. The van der Waals surface area contributed by atoms with Crippen molar-refractivity contribution >= 4 is 23.4 Å². The zero-order chi connectivity index (χ0) is 19.4. The number of alkyl halides is 2. The molecule has 1 aliphatic rings. The molecule has 2 aromatic carbocycles. The number of benzene rings is 2. The molecule has 1 unspecified atom stereocenters. The monoisotopic (exact) mass is 398 g/mol. The highest BCUT2D eigenvalue weighted by molar-refractivity contribution is 7.99. The maximum absolute atomic E-state index is 13.4. The van der Waals surface area contributed by atoms with Gasteiger partial charge in [0.05, 0.1) is 0 Å². The van der Waals surface area contributed by atoms with Crippen LogP contribution in [0.1, 0.15) is 16.8 Å². The topological polar surface area (TPSA) is 32.3 Å². The van der Waals surface area contributed by atoms with Crippen LogP contribution in [0.5, 0.6) is 0 Å². The van der Waals surface area contributed by atoms with Crippen molar-refractivity contribution in [3.05, 3.63) is 59.7 Å². The summed E-state index contributed by atoms with van der Waals surface area (Å²) < 4.78 is 51.0. The molecule has 0 aromatic heterocycles. The minimum absolute atomic E-state index is 0.190. The minimum Gasteiger partial charge on any atom is -0.371 e. The number of amides is 1. The number of anilines is 1. The molecule has 1 heterocycles. The van der Waals surface area contributed by atoms with Gasteiger partial charge in [-0.05, 0) is 48.7 Å². The summed E-state index contributed by atoms with van der Waals surface area (Å²) in [5, 5.41) is 2.84. The lowest BCUT2D eigenvalue weighted by Gasteiger charge is -2.19. The van der Waals surface area contributed by atoms with Gasteiger partial charge < -0.3 is 10.2 Å². The predicted octanol–water partition coefficient (Wildman–Crippen LogP) is 4.54. The summed E-state index contributed by atoms with van der Waals surface area (Å²) in [6.45, 7) is 1.78. The van der Waals surface area contributed by atoms with Crippen LogP contribution in [0.4, 0.5) is 23.2 Å². The van der Waals surface area contributed by atoms with E-state index < -0.39 is 17.4 Å². The molecule has 1 saturated heterocycles. The molecule has 144 valence electrons. The van der Waals surface area contributed by atoms with Crippen LogP contribution >= 0.6 is 11.8 Å². The Hall–Kier alpha value is -2.22. The Bertz CT molecular complexity index is 801. The van der Waals surface area contributed by atoms with Crippen LogP contribution in [0.3, 0.4) is 0 Å². The summed E-state index contributed by atoms with van der Waals surface area (Å²) >= 11 is 0.432. The van der Waals surface area contributed by atoms with Gasteiger partial charge in [-0.3, -0.25) is 4.79 Å². The number of thioether (sulfide) groups is 1. The molecular formula is C19H18F4N2OS. The summed E-state index contributed by atoms with van der Waals surface area (Å²) in [5.74, 6) is -4.33. The van der Waals surface area contributed by atoms with Crippen molar-refractivity contribution in [3.8, 4) is 0 Å². The zero-order valence-corrected chi connectivity index (χ0v) is 15.1. The molecule has 0 bridgehead atoms. The van der Waals surface area contributed by atoms with Gasteiger partial charge in [0.15, 0.2) is 11.6 Å². The second-order valence-electron chi connectivity index (χ2n) is 6.31. The number of carbonyl (C=O) groups is 1. The SMILES string of the molecule is O=C(NCC1CCN(c2ccc(F)c(F)c2)C1)c1ccc(SC(F)F)cc1. The molecule has 0 saturated carbocycles. The lowest BCUT2D eigenvalue weighted by molar-refractivity contribution is 0.0948. The Labute approximate surface area is 158 Å². The summed E-state index contributed by atoms with van der Waals surface area (Å²) in [6, 6.07) is 9.84. The maximum Gasteiger partial charge on any atom is 0.288 e. The molecule has 1 amide bonds. The largest absolute Gasteiger partial charge is 0.371 e. The minimum atomic E-state index is -2.50. The standard InChI is InChI=1S/C19H18F4N2OS/c20-16-6-3-14(9-17(16)21)25-8-7-12(11-25)10-24-18(26)13-1-4-15(5-2-13)27-19(22)23/h1-6,9,12,19H,7-8,10-11H2,(H,24,26). The van der Waals surface area contributed by atoms with E-state index in [0.717, 1.165) is 12.5 Å². The Kier molecular flexibility index (Phi) is 6.26. The summed E-state index contributed by atoms with van der Waals surface area (Å²) in [4.78, 5) is 14.6. The Morgan fingerprint density at radius 3 is 2.56 bits per heavy atom. The van der Waals surface area contributed by atoms with Crippen LogP contribution in [0.15, 0.2) is 47.4 Å². The van der Waals surface area contributed by atoms with Crippen molar-refractivity contribution in [1.82, 2.24) is 5.32 Å². The molecule has 1 N–H and O–H groups in total. The van der Waals surface area contributed by atoms with Crippen molar-refractivity contribution in [2.75, 3.05) is 24.5 Å². The maximum atomic E-state index is 13.4. The van der Waals surface area contributed by atoms with E-state index in [0.29, 0.717) is 47.5 Å². The fourth-order valence-corrected chi connectivity index (χ4v) is 3.54. The number of halogens is 4. The second-order valence-corrected chi connectivity index (χ2v) is 7.38. The van der Waals surface area contributed by atoms with Crippen molar-refractivity contribution in [2.24, 2.45) is 5.92 Å². The van der Waals surface area contributed by atoms with E-state index in [1.165, 1.54) is 30.3 Å². The van der Waals surface area contributed by atoms with E-state index >= 15 is 0 Å². The summed E-state index contributed by atoms with van der Waals surface area (Å²) in [7, 11) is 0. The van der Waals surface area contributed by atoms with Crippen LogP contribution in [0.2, 0.25) is 0 Å². The van der Waals surface area contributed by atoms with Gasteiger partial charge in [-0.15, -0.1) is 0 Å². The normalized spacial score (nSPS) is 16.8. The Balaban J connectivity index is 1.50. The molecule has 0 aliphatic carbocycles. The van der Waals surface area contributed by atoms with E-state index in [4.69, 9.17) is 0 Å². The van der Waals surface area contributed by atoms with Gasteiger partial charge in [-0.25, -0.2) is 8.78 Å². The fraction of sp³-hybridized carbons (Fsp3) is 0.316. The first-order valence-corrected chi connectivity index (χ1v) is 9.33. The first-order valence-electron chi connectivity index (χ1n) is 8.45. The first kappa shape index (κ1) is 19.5. The van der Waals surface area contributed by atoms with Gasteiger partial charge in [0.1, 0.15) is 0 Å². The lowest BCUT2D eigenvalue weighted by atomic mass is 10.1. The highest BCUT2D eigenvalue weighted by Gasteiger charge is 2.24. The van der Waals surface area contributed by atoms with Gasteiger partial charge in [0.2, 0.25) is 0 Å². The molecule has 0 spiro atoms. The van der Waals surface area contributed by atoms with E-state index in [-0.39, 0.29) is 11.8 Å². The molecule has 2 aromatic rings. The number of hydrogen-bond acceptors (Lipinski definition) is 3. The van der Waals surface area contributed by atoms with Crippen molar-refractivity contribution in [2.45, 2.75) is 17.1 Å². The molecule has 3 nitrogen and oxygen atoms in total. The van der Waals surface area contributed by atoms with Crippen LogP contribution < -0.4 is 10.2 Å². The number of hydrogen-bond donors (Lipinski definition) is 1. The van der Waals surface area contributed by atoms with Crippen molar-refractivity contribution in [3.63, 3.8) is 0 Å². The number of nitrogens with one attached hydrogen (secondary N) is 1. The van der Waals surface area contributed by atoms with Gasteiger partial charge in [0.25, 0.3) is 11.7 Å². The first-order chi connectivity index (χ1) is 12.9. The van der Waals surface area contributed by atoms with Crippen LogP contribution in [-0.4, -0.2) is 31.3 Å². The van der Waals surface area contributed by atoms with Gasteiger partial charge in [-0.2, -0.15) is 8.78 Å². The lowest BCUT2D eigenvalue weighted by Crippen LogP contribution is -2.31. The zero-order valence-electron chi connectivity index (χ0n) is 14.3. The molecule has 1 fully saturated rings. The van der Waals surface area contributed by atoms with E-state index in [1.54, 1.807) is 6.07 Å². The second kappa shape index (κ2) is 8.65.